The standard InChI is InChI=1S/C13H17NO/c1-4-12-6-5-7-13(8-12)10-15-14-9-11(2)3/h4-9,11H,1,10H2,2-3H3. The van der Waals surface area contributed by atoms with Crippen molar-refractivity contribution >= 4 is 12.3 Å². The molecule has 1 aromatic rings. The van der Waals surface area contributed by atoms with Gasteiger partial charge in [0.05, 0.1) is 0 Å². The zero-order valence-corrected chi connectivity index (χ0v) is 9.31. The van der Waals surface area contributed by atoms with Crippen LogP contribution in [0.5, 0.6) is 0 Å². The molecule has 0 atom stereocenters. The van der Waals surface area contributed by atoms with E-state index in [2.05, 4.69) is 25.6 Å². The Morgan fingerprint density at radius 2 is 2.27 bits per heavy atom. The highest BCUT2D eigenvalue weighted by Crippen LogP contribution is 2.07. The van der Waals surface area contributed by atoms with Crippen LogP contribution in [0.4, 0.5) is 0 Å². The minimum absolute atomic E-state index is 0.421. The van der Waals surface area contributed by atoms with Gasteiger partial charge in [-0.3, -0.25) is 0 Å². The Labute approximate surface area is 91.3 Å². The van der Waals surface area contributed by atoms with Crippen molar-refractivity contribution in [1.29, 1.82) is 0 Å². The van der Waals surface area contributed by atoms with Gasteiger partial charge in [-0.05, 0) is 23.1 Å². The van der Waals surface area contributed by atoms with Gasteiger partial charge in [0.25, 0.3) is 0 Å². The van der Waals surface area contributed by atoms with Gasteiger partial charge in [-0.15, -0.1) is 0 Å². The second-order valence-corrected chi connectivity index (χ2v) is 3.72. The highest BCUT2D eigenvalue weighted by molar-refractivity contribution is 5.58. The molecule has 0 N–H and O–H groups in total. The Balaban J connectivity index is 2.47. The second-order valence-electron chi connectivity index (χ2n) is 3.72. The number of rotatable bonds is 5. The zero-order valence-electron chi connectivity index (χ0n) is 9.31. The molecular weight excluding hydrogens is 186 g/mol. The van der Waals surface area contributed by atoms with Gasteiger partial charge < -0.3 is 4.84 Å². The van der Waals surface area contributed by atoms with E-state index >= 15 is 0 Å². The Morgan fingerprint density at radius 1 is 1.47 bits per heavy atom. The summed E-state index contributed by atoms with van der Waals surface area (Å²) in [5.41, 5.74) is 2.21. The van der Waals surface area contributed by atoms with Gasteiger partial charge in [0, 0.05) is 6.21 Å². The number of hydrogen-bond donors (Lipinski definition) is 0. The second kappa shape index (κ2) is 6.02. The van der Waals surface area contributed by atoms with Crippen molar-refractivity contribution in [2.24, 2.45) is 11.1 Å². The summed E-state index contributed by atoms with van der Waals surface area (Å²) in [7, 11) is 0. The molecule has 0 aliphatic carbocycles. The van der Waals surface area contributed by atoms with Crippen molar-refractivity contribution in [2.75, 3.05) is 0 Å². The van der Waals surface area contributed by atoms with Gasteiger partial charge >= 0.3 is 0 Å². The van der Waals surface area contributed by atoms with E-state index in [-0.39, 0.29) is 0 Å². The maximum atomic E-state index is 5.17. The lowest BCUT2D eigenvalue weighted by Gasteiger charge is -2.01. The maximum Gasteiger partial charge on any atom is 0.142 e. The van der Waals surface area contributed by atoms with Gasteiger partial charge in [-0.25, -0.2) is 0 Å². The summed E-state index contributed by atoms with van der Waals surface area (Å²) in [6.07, 6.45) is 3.61. The molecule has 0 amide bonds. The van der Waals surface area contributed by atoms with Crippen LogP contribution in [0.1, 0.15) is 25.0 Å². The Morgan fingerprint density at radius 3 is 2.93 bits per heavy atom. The lowest BCUT2D eigenvalue weighted by molar-refractivity contribution is 0.131. The Bertz CT molecular complexity index is 342. The third-order valence-electron chi connectivity index (χ3n) is 1.85. The van der Waals surface area contributed by atoms with Crippen molar-refractivity contribution in [3.63, 3.8) is 0 Å². The van der Waals surface area contributed by atoms with Crippen molar-refractivity contribution in [1.82, 2.24) is 0 Å². The minimum atomic E-state index is 0.421. The fourth-order valence-corrected chi connectivity index (χ4v) is 1.09. The van der Waals surface area contributed by atoms with Crippen molar-refractivity contribution in [3.05, 3.63) is 42.0 Å². The summed E-state index contributed by atoms with van der Waals surface area (Å²) in [5.74, 6) is 0.421. The van der Waals surface area contributed by atoms with Gasteiger partial charge in [-0.2, -0.15) is 0 Å². The van der Waals surface area contributed by atoms with Crippen LogP contribution in [-0.4, -0.2) is 6.21 Å². The summed E-state index contributed by atoms with van der Waals surface area (Å²) < 4.78 is 0. The van der Waals surface area contributed by atoms with E-state index in [9.17, 15) is 0 Å². The first-order valence-corrected chi connectivity index (χ1v) is 5.09. The molecule has 0 bridgehead atoms. The highest BCUT2D eigenvalue weighted by Gasteiger charge is 1.93. The van der Waals surface area contributed by atoms with Crippen LogP contribution in [-0.2, 0) is 11.4 Å². The van der Waals surface area contributed by atoms with Crippen LogP contribution in [0.2, 0.25) is 0 Å². The molecule has 1 rings (SSSR count). The summed E-state index contributed by atoms with van der Waals surface area (Å²) in [4.78, 5) is 5.17. The molecule has 0 unspecified atom stereocenters. The number of benzene rings is 1. The Hall–Kier alpha value is -1.57. The third kappa shape index (κ3) is 4.45. The SMILES string of the molecule is C=Cc1cccc(CON=CC(C)C)c1. The van der Waals surface area contributed by atoms with Crippen molar-refractivity contribution in [2.45, 2.75) is 20.5 Å². The summed E-state index contributed by atoms with van der Waals surface area (Å²) in [5, 5.41) is 3.87. The van der Waals surface area contributed by atoms with Crippen molar-refractivity contribution in [3.8, 4) is 0 Å². The molecule has 0 aliphatic heterocycles. The molecular formula is C13H17NO. The molecule has 1 aromatic carbocycles. The number of nitrogens with zero attached hydrogens (tertiary/aromatic N) is 1. The first-order valence-electron chi connectivity index (χ1n) is 5.09. The van der Waals surface area contributed by atoms with E-state index in [0.29, 0.717) is 12.5 Å². The Kier molecular flexibility index (Phi) is 4.61. The van der Waals surface area contributed by atoms with Gasteiger partial charge in [0.1, 0.15) is 6.61 Å². The average molecular weight is 203 g/mol. The largest absolute Gasteiger partial charge is 0.391 e. The molecule has 0 saturated heterocycles. The molecule has 0 saturated carbocycles. The predicted octanol–water partition coefficient (Wildman–Crippen LogP) is 3.49. The maximum absolute atomic E-state index is 5.17. The lowest BCUT2D eigenvalue weighted by Crippen LogP contribution is -1.91. The van der Waals surface area contributed by atoms with E-state index in [1.165, 1.54) is 0 Å². The van der Waals surface area contributed by atoms with Crippen LogP contribution in [0.25, 0.3) is 6.08 Å². The highest BCUT2D eigenvalue weighted by atomic mass is 16.6. The fourth-order valence-electron chi connectivity index (χ4n) is 1.09. The molecule has 2 heteroatoms. The van der Waals surface area contributed by atoms with E-state index in [4.69, 9.17) is 4.84 Å². The van der Waals surface area contributed by atoms with E-state index < -0.39 is 0 Å². The fraction of sp³-hybridized carbons (Fsp3) is 0.308. The summed E-state index contributed by atoms with van der Waals surface area (Å²) >= 11 is 0. The molecule has 0 radical (unpaired) electrons. The van der Waals surface area contributed by atoms with Crippen LogP contribution in [0.15, 0.2) is 36.0 Å². The summed E-state index contributed by atoms with van der Waals surface area (Å²) in [6, 6.07) is 8.05. The molecule has 15 heavy (non-hydrogen) atoms. The quantitative estimate of drug-likeness (QED) is 0.530. The third-order valence-corrected chi connectivity index (χ3v) is 1.85. The number of oxime groups is 1. The van der Waals surface area contributed by atoms with Crippen LogP contribution >= 0.6 is 0 Å². The normalized spacial score (nSPS) is 10.9. The molecule has 0 aliphatic rings. The summed E-state index contributed by atoms with van der Waals surface area (Å²) in [6.45, 7) is 8.35. The van der Waals surface area contributed by atoms with Gasteiger partial charge in [0.2, 0.25) is 0 Å². The van der Waals surface area contributed by atoms with E-state index in [1.54, 1.807) is 6.21 Å². The smallest absolute Gasteiger partial charge is 0.142 e. The van der Waals surface area contributed by atoms with E-state index in [1.807, 2.05) is 30.3 Å². The molecule has 0 fully saturated rings. The molecule has 0 heterocycles. The zero-order chi connectivity index (χ0) is 11.1. The number of hydrogen-bond acceptors (Lipinski definition) is 2. The predicted molar refractivity (Wildman–Crippen MR) is 64.7 cm³/mol. The van der Waals surface area contributed by atoms with Crippen LogP contribution in [0, 0.1) is 5.92 Å². The lowest BCUT2D eigenvalue weighted by atomic mass is 10.1. The van der Waals surface area contributed by atoms with Crippen LogP contribution < -0.4 is 0 Å². The first kappa shape index (κ1) is 11.5. The monoisotopic (exact) mass is 203 g/mol. The first-order chi connectivity index (χ1) is 7.22. The molecule has 2 nitrogen and oxygen atoms in total. The van der Waals surface area contributed by atoms with Crippen molar-refractivity contribution < 1.29 is 4.84 Å². The molecule has 80 valence electrons. The van der Waals surface area contributed by atoms with Crippen LogP contribution in [0.3, 0.4) is 0 Å². The van der Waals surface area contributed by atoms with E-state index in [0.717, 1.165) is 11.1 Å². The van der Waals surface area contributed by atoms with Gasteiger partial charge in [-0.1, -0.05) is 49.9 Å². The minimum Gasteiger partial charge on any atom is -0.391 e. The average Bonchev–Trinajstić information content (AvgIpc) is 2.24. The topological polar surface area (TPSA) is 21.6 Å². The molecule has 0 spiro atoms. The molecule has 0 aromatic heterocycles. The van der Waals surface area contributed by atoms with Gasteiger partial charge in [0.15, 0.2) is 0 Å².